The van der Waals surface area contributed by atoms with E-state index in [-0.39, 0.29) is 5.92 Å². The zero-order chi connectivity index (χ0) is 12.3. The van der Waals surface area contributed by atoms with Crippen LogP contribution < -0.4 is 10.6 Å². The highest BCUT2D eigenvalue weighted by molar-refractivity contribution is 5.81. The van der Waals surface area contributed by atoms with E-state index in [9.17, 15) is 13.2 Å². The van der Waals surface area contributed by atoms with Crippen molar-refractivity contribution in [2.45, 2.75) is 12.6 Å². The van der Waals surface area contributed by atoms with E-state index in [1.807, 2.05) is 0 Å². The molecule has 2 heterocycles. The highest BCUT2D eigenvalue weighted by atomic mass is 19.4. The zero-order valence-corrected chi connectivity index (χ0v) is 9.56. The third-order valence-electron chi connectivity index (χ3n) is 3.01. The van der Waals surface area contributed by atoms with Crippen LogP contribution in [0.2, 0.25) is 0 Å². The smallest absolute Gasteiger partial charge is 0.356 e. The van der Waals surface area contributed by atoms with Crippen molar-refractivity contribution in [1.29, 1.82) is 0 Å². The molecule has 2 aliphatic heterocycles. The van der Waals surface area contributed by atoms with E-state index < -0.39 is 12.7 Å². The van der Waals surface area contributed by atoms with Gasteiger partial charge in [-0.25, -0.2) is 0 Å². The molecule has 2 N–H and O–H groups in total. The summed E-state index contributed by atoms with van der Waals surface area (Å²) >= 11 is 0. The van der Waals surface area contributed by atoms with Crippen LogP contribution in [0.15, 0.2) is 4.99 Å². The van der Waals surface area contributed by atoms with Crippen molar-refractivity contribution in [3.8, 4) is 0 Å². The van der Waals surface area contributed by atoms with Gasteiger partial charge >= 0.3 is 6.18 Å². The van der Waals surface area contributed by atoms with Gasteiger partial charge in [0.05, 0.1) is 13.1 Å². The summed E-state index contributed by atoms with van der Waals surface area (Å²) in [6.07, 6.45) is -3.27. The molecule has 0 aromatic heterocycles. The molecule has 0 amide bonds. The van der Waals surface area contributed by atoms with E-state index >= 15 is 0 Å². The highest BCUT2D eigenvalue weighted by Gasteiger charge is 2.34. The lowest BCUT2D eigenvalue weighted by Gasteiger charge is -2.18. The van der Waals surface area contributed by atoms with Crippen molar-refractivity contribution in [3.63, 3.8) is 0 Å². The average Bonchev–Trinajstić information content (AvgIpc) is 2.82. The summed E-state index contributed by atoms with van der Waals surface area (Å²) in [5.41, 5.74) is 0. The molecule has 1 unspecified atom stereocenters. The molecule has 2 rings (SSSR count). The number of nitrogens with zero attached hydrogens (tertiary/aromatic N) is 2. The van der Waals surface area contributed by atoms with Crippen LogP contribution >= 0.6 is 0 Å². The molecule has 4 nitrogen and oxygen atoms in total. The zero-order valence-electron chi connectivity index (χ0n) is 9.56. The number of alkyl halides is 3. The number of guanidine groups is 1. The van der Waals surface area contributed by atoms with Crippen molar-refractivity contribution in [1.82, 2.24) is 15.5 Å². The minimum Gasteiger partial charge on any atom is -0.356 e. The number of halogens is 3. The summed E-state index contributed by atoms with van der Waals surface area (Å²) in [6.45, 7) is 2.56. The number of hydrogen-bond donors (Lipinski definition) is 2. The van der Waals surface area contributed by atoms with Gasteiger partial charge in [0, 0.05) is 19.6 Å². The molecule has 1 fully saturated rings. The van der Waals surface area contributed by atoms with Crippen LogP contribution in [0.1, 0.15) is 6.42 Å². The fraction of sp³-hybridized carbons (Fsp3) is 0.900. The average molecular weight is 250 g/mol. The molecule has 0 radical (unpaired) electrons. The Morgan fingerprint density at radius 3 is 2.94 bits per heavy atom. The lowest BCUT2D eigenvalue weighted by molar-refractivity contribution is -0.143. The van der Waals surface area contributed by atoms with Gasteiger partial charge in [-0.2, -0.15) is 13.2 Å². The second-order valence-corrected chi connectivity index (χ2v) is 4.54. The molecule has 17 heavy (non-hydrogen) atoms. The standard InChI is InChI=1S/C10H17F3N4/c11-10(12,13)7-17-4-1-8(6-17)5-16-9-14-2-3-15-9/h8H,1-7H2,(H2,14,15,16). The summed E-state index contributed by atoms with van der Waals surface area (Å²) in [7, 11) is 0. The van der Waals surface area contributed by atoms with Crippen LogP contribution in [0.5, 0.6) is 0 Å². The Kier molecular flexibility index (Phi) is 3.76. The first-order valence-corrected chi connectivity index (χ1v) is 5.84. The number of nitrogens with one attached hydrogen (secondary N) is 2. The van der Waals surface area contributed by atoms with Crippen LogP contribution in [0.3, 0.4) is 0 Å². The van der Waals surface area contributed by atoms with Crippen molar-refractivity contribution >= 4 is 5.96 Å². The second-order valence-electron chi connectivity index (χ2n) is 4.54. The van der Waals surface area contributed by atoms with E-state index in [1.165, 1.54) is 4.90 Å². The third kappa shape index (κ3) is 4.07. The third-order valence-corrected chi connectivity index (χ3v) is 3.01. The Morgan fingerprint density at radius 1 is 1.47 bits per heavy atom. The molecule has 0 aromatic carbocycles. The molecular formula is C10H17F3N4. The van der Waals surface area contributed by atoms with Gasteiger partial charge in [0.25, 0.3) is 0 Å². The normalized spacial score (nSPS) is 25.8. The van der Waals surface area contributed by atoms with E-state index in [2.05, 4.69) is 15.6 Å². The van der Waals surface area contributed by atoms with Gasteiger partial charge in [-0.3, -0.25) is 9.89 Å². The molecule has 0 spiro atoms. The van der Waals surface area contributed by atoms with Crippen LogP contribution in [-0.2, 0) is 0 Å². The summed E-state index contributed by atoms with van der Waals surface area (Å²) in [5.74, 6) is 1.06. The topological polar surface area (TPSA) is 39.7 Å². The van der Waals surface area contributed by atoms with Crippen LogP contribution in [0.4, 0.5) is 13.2 Å². The molecule has 0 saturated carbocycles. The predicted octanol–water partition coefficient (Wildman–Crippen LogP) is 0.419. The molecular weight excluding hydrogens is 233 g/mol. The molecule has 0 bridgehead atoms. The summed E-state index contributed by atoms with van der Waals surface area (Å²) in [6, 6.07) is 0. The summed E-state index contributed by atoms with van der Waals surface area (Å²) in [4.78, 5) is 5.64. The number of rotatable bonds is 3. The first-order valence-electron chi connectivity index (χ1n) is 5.84. The van der Waals surface area contributed by atoms with Gasteiger partial charge in [-0.1, -0.05) is 0 Å². The molecule has 7 heteroatoms. The second kappa shape index (κ2) is 5.12. The molecule has 0 aromatic rings. The molecule has 98 valence electrons. The highest BCUT2D eigenvalue weighted by Crippen LogP contribution is 2.22. The molecule has 2 aliphatic rings. The minimum absolute atomic E-state index is 0.280. The Bertz CT molecular complexity index is 290. The van der Waals surface area contributed by atoms with E-state index in [1.54, 1.807) is 0 Å². The van der Waals surface area contributed by atoms with E-state index in [0.717, 1.165) is 25.5 Å². The number of hydrogen-bond acceptors (Lipinski definition) is 4. The molecule has 0 aliphatic carbocycles. The predicted molar refractivity (Wildman–Crippen MR) is 58.9 cm³/mol. The van der Waals surface area contributed by atoms with E-state index in [4.69, 9.17) is 0 Å². The molecule has 1 saturated heterocycles. The van der Waals surface area contributed by atoms with E-state index in [0.29, 0.717) is 19.6 Å². The van der Waals surface area contributed by atoms with Gasteiger partial charge in [-0.05, 0) is 18.9 Å². The SMILES string of the molecule is FC(F)(F)CN1CCC(CNC2=NCCN2)C1. The first-order chi connectivity index (χ1) is 8.03. The lowest BCUT2D eigenvalue weighted by Crippen LogP contribution is -2.38. The monoisotopic (exact) mass is 250 g/mol. The number of likely N-dealkylation sites (tertiary alicyclic amines) is 1. The fourth-order valence-electron chi connectivity index (χ4n) is 2.23. The fourth-order valence-corrected chi connectivity index (χ4v) is 2.23. The largest absolute Gasteiger partial charge is 0.401 e. The Hall–Kier alpha value is -0.980. The summed E-state index contributed by atoms with van der Waals surface area (Å²) in [5, 5.41) is 6.21. The maximum Gasteiger partial charge on any atom is 0.401 e. The van der Waals surface area contributed by atoms with Gasteiger partial charge in [0.2, 0.25) is 0 Å². The maximum atomic E-state index is 12.2. The minimum atomic E-state index is -4.08. The lowest BCUT2D eigenvalue weighted by atomic mass is 10.1. The van der Waals surface area contributed by atoms with Gasteiger partial charge in [-0.15, -0.1) is 0 Å². The van der Waals surface area contributed by atoms with Gasteiger partial charge in [0.15, 0.2) is 5.96 Å². The van der Waals surface area contributed by atoms with Crippen LogP contribution in [0.25, 0.3) is 0 Å². The van der Waals surface area contributed by atoms with Crippen LogP contribution in [0, 0.1) is 5.92 Å². The van der Waals surface area contributed by atoms with Crippen molar-refractivity contribution in [2.75, 3.05) is 39.3 Å². The summed E-state index contributed by atoms with van der Waals surface area (Å²) < 4.78 is 36.5. The van der Waals surface area contributed by atoms with Gasteiger partial charge < -0.3 is 10.6 Å². The Morgan fingerprint density at radius 2 is 2.29 bits per heavy atom. The Labute approximate surface area is 98.3 Å². The van der Waals surface area contributed by atoms with Crippen molar-refractivity contribution < 1.29 is 13.2 Å². The Balaban J connectivity index is 1.67. The van der Waals surface area contributed by atoms with Crippen LogP contribution in [-0.4, -0.2) is 56.3 Å². The van der Waals surface area contributed by atoms with Gasteiger partial charge in [0.1, 0.15) is 0 Å². The quantitative estimate of drug-likeness (QED) is 0.762. The van der Waals surface area contributed by atoms with Crippen molar-refractivity contribution in [3.05, 3.63) is 0 Å². The van der Waals surface area contributed by atoms with Crippen molar-refractivity contribution in [2.24, 2.45) is 10.9 Å². The first kappa shape index (κ1) is 12.5. The number of aliphatic imine (C=N–C) groups is 1. The maximum absolute atomic E-state index is 12.2. The molecule has 1 atom stereocenters.